The molecule has 0 saturated carbocycles. The van der Waals surface area contributed by atoms with Crippen LogP contribution in [0, 0.1) is 13.8 Å². The molecule has 0 aliphatic heterocycles. The van der Waals surface area contributed by atoms with Gasteiger partial charge in [0.1, 0.15) is 5.69 Å². The Morgan fingerprint density at radius 3 is 2.47 bits per heavy atom. The van der Waals surface area contributed by atoms with Crippen LogP contribution >= 0.6 is 0 Å². The summed E-state index contributed by atoms with van der Waals surface area (Å²) in [7, 11) is 3.58. The second-order valence-electron chi connectivity index (χ2n) is 4.02. The van der Waals surface area contributed by atoms with Crippen molar-refractivity contribution in [3.05, 3.63) is 29.3 Å². The molecular formula is C11H15N5O. The van der Waals surface area contributed by atoms with E-state index in [0.717, 1.165) is 17.1 Å². The Bertz CT molecular complexity index is 566. The molecular weight excluding hydrogens is 218 g/mol. The van der Waals surface area contributed by atoms with E-state index in [2.05, 4.69) is 15.5 Å². The van der Waals surface area contributed by atoms with Crippen LogP contribution in [0.1, 0.15) is 21.9 Å². The molecule has 0 radical (unpaired) electrons. The average Bonchev–Trinajstić information content (AvgIpc) is 2.75. The summed E-state index contributed by atoms with van der Waals surface area (Å²) in [6.45, 7) is 3.75. The number of anilines is 1. The number of hydrogen-bond donors (Lipinski definition) is 1. The molecule has 0 aliphatic rings. The lowest BCUT2D eigenvalue weighted by atomic mass is 10.3. The highest BCUT2D eigenvalue weighted by Gasteiger charge is 2.14. The summed E-state index contributed by atoms with van der Waals surface area (Å²) in [4.78, 5) is 12.0. The van der Waals surface area contributed by atoms with Crippen LogP contribution in [-0.4, -0.2) is 25.5 Å². The molecule has 0 aromatic carbocycles. The molecule has 6 heteroatoms. The first-order valence-corrected chi connectivity index (χ1v) is 5.29. The third-order valence-corrected chi connectivity index (χ3v) is 2.72. The van der Waals surface area contributed by atoms with E-state index < -0.39 is 0 Å². The predicted octanol–water partition coefficient (Wildman–Crippen LogP) is 1.02. The van der Waals surface area contributed by atoms with E-state index in [4.69, 9.17) is 0 Å². The number of nitrogens with zero attached hydrogens (tertiary/aromatic N) is 4. The first-order chi connectivity index (χ1) is 7.99. The lowest BCUT2D eigenvalue weighted by Gasteiger charge is -2.04. The fourth-order valence-electron chi connectivity index (χ4n) is 1.63. The highest BCUT2D eigenvalue weighted by atomic mass is 16.2. The zero-order valence-corrected chi connectivity index (χ0v) is 10.4. The molecule has 2 rings (SSSR count). The van der Waals surface area contributed by atoms with E-state index in [1.807, 2.05) is 20.9 Å². The Morgan fingerprint density at radius 1 is 1.29 bits per heavy atom. The summed E-state index contributed by atoms with van der Waals surface area (Å²) in [5.74, 6) is -0.177. The van der Waals surface area contributed by atoms with E-state index in [0.29, 0.717) is 5.69 Å². The van der Waals surface area contributed by atoms with Crippen molar-refractivity contribution >= 4 is 11.6 Å². The van der Waals surface area contributed by atoms with Crippen molar-refractivity contribution in [2.75, 3.05) is 5.32 Å². The van der Waals surface area contributed by atoms with Gasteiger partial charge >= 0.3 is 0 Å². The van der Waals surface area contributed by atoms with Gasteiger partial charge in [-0.25, -0.2) is 0 Å². The highest BCUT2D eigenvalue weighted by molar-refractivity contribution is 6.03. The van der Waals surface area contributed by atoms with Gasteiger partial charge in [0.05, 0.1) is 23.3 Å². The minimum absolute atomic E-state index is 0.177. The quantitative estimate of drug-likeness (QED) is 0.842. The number of aryl methyl sites for hydroxylation is 3. The minimum atomic E-state index is -0.177. The maximum Gasteiger partial charge on any atom is 0.274 e. The molecule has 1 N–H and O–H groups in total. The van der Waals surface area contributed by atoms with E-state index in [1.54, 1.807) is 28.7 Å². The molecule has 2 aromatic rings. The van der Waals surface area contributed by atoms with Gasteiger partial charge in [-0.2, -0.15) is 10.2 Å². The van der Waals surface area contributed by atoms with E-state index in [-0.39, 0.29) is 5.91 Å². The number of rotatable bonds is 2. The molecule has 0 bridgehead atoms. The first kappa shape index (κ1) is 11.4. The monoisotopic (exact) mass is 233 g/mol. The van der Waals surface area contributed by atoms with Crippen molar-refractivity contribution in [1.82, 2.24) is 19.6 Å². The summed E-state index contributed by atoms with van der Waals surface area (Å²) < 4.78 is 3.28. The van der Waals surface area contributed by atoms with Crippen LogP contribution in [-0.2, 0) is 14.1 Å². The molecule has 0 spiro atoms. The maximum atomic E-state index is 12.0. The summed E-state index contributed by atoms with van der Waals surface area (Å²) in [6, 6.07) is 1.75. The van der Waals surface area contributed by atoms with Crippen LogP contribution in [0.25, 0.3) is 0 Å². The topological polar surface area (TPSA) is 64.7 Å². The van der Waals surface area contributed by atoms with Gasteiger partial charge in [0.2, 0.25) is 0 Å². The smallest absolute Gasteiger partial charge is 0.274 e. The molecule has 90 valence electrons. The van der Waals surface area contributed by atoms with E-state index >= 15 is 0 Å². The van der Waals surface area contributed by atoms with Gasteiger partial charge in [-0.3, -0.25) is 14.2 Å². The van der Waals surface area contributed by atoms with Crippen molar-refractivity contribution in [2.45, 2.75) is 13.8 Å². The van der Waals surface area contributed by atoms with E-state index in [9.17, 15) is 4.79 Å². The maximum absolute atomic E-state index is 12.0. The Morgan fingerprint density at radius 2 is 2.00 bits per heavy atom. The standard InChI is InChI=1S/C11H15N5O/c1-7-5-10(16(4)14-7)11(17)13-9-6-12-15(3)8(9)2/h5-6H,1-4H3,(H,13,17). The third kappa shape index (κ3) is 2.06. The van der Waals surface area contributed by atoms with Gasteiger partial charge in [-0.05, 0) is 19.9 Å². The largest absolute Gasteiger partial charge is 0.318 e. The Hall–Kier alpha value is -2.11. The van der Waals surface area contributed by atoms with Crippen LogP contribution in [0.4, 0.5) is 5.69 Å². The third-order valence-electron chi connectivity index (χ3n) is 2.72. The molecule has 6 nitrogen and oxygen atoms in total. The van der Waals surface area contributed by atoms with Crippen LogP contribution in [0.2, 0.25) is 0 Å². The number of nitrogens with one attached hydrogen (secondary N) is 1. The summed E-state index contributed by atoms with van der Waals surface area (Å²) in [6.07, 6.45) is 1.64. The van der Waals surface area contributed by atoms with Gasteiger partial charge < -0.3 is 5.32 Å². The molecule has 2 aromatic heterocycles. The van der Waals surface area contributed by atoms with Crippen molar-refractivity contribution in [2.24, 2.45) is 14.1 Å². The van der Waals surface area contributed by atoms with Crippen LogP contribution in [0.15, 0.2) is 12.3 Å². The SMILES string of the molecule is Cc1cc(C(=O)Nc2cnn(C)c2C)n(C)n1. The molecule has 0 atom stereocenters. The molecule has 1 amide bonds. The molecule has 0 fully saturated rings. The van der Waals surface area contributed by atoms with E-state index in [1.165, 1.54) is 0 Å². The number of amides is 1. The molecule has 2 heterocycles. The number of aromatic nitrogens is 4. The molecule has 0 aliphatic carbocycles. The molecule has 0 unspecified atom stereocenters. The van der Waals surface area contributed by atoms with Gasteiger partial charge in [-0.15, -0.1) is 0 Å². The Balaban J connectivity index is 2.23. The van der Waals surface area contributed by atoms with Crippen molar-refractivity contribution in [3.63, 3.8) is 0 Å². The molecule has 0 saturated heterocycles. The highest BCUT2D eigenvalue weighted by Crippen LogP contribution is 2.13. The number of hydrogen-bond acceptors (Lipinski definition) is 3. The van der Waals surface area contributed by atoms with Gasteiger partial charge in [0.25, 0.3) is 5.91 Å². The van der Waals surface area contributed by atoms with Crippen LogP contribution < -0.4 is 5.32 Å². The van der Waals surface area contributed by atoms with Crippen LogP contribution in [0.5, 0.6) is 0 Å². The first-order valence-electron chi connectivity index (χ1n) is 5.29. The van der Waals surface area contributed by atoms with Gasteiger partial charge in [0, 0.05) is 14.1 Å². The van der Waals surface area contributed by atoms with Gasteiger partial charge in [-0.1, -0.05) is 0 Å². The predicted molar refractivity (Wildman–Crippen MR) is 63.8 cm³/mol. The summed E-state index contributed by atoms with van der Waals surface area (Å²) in [5.41, 5.74) is 2.99. The fraction of sp³-hybridized carbons (Fsp3) is 0.364. The fourth-order valence-corrected chi connectivity index (χ4v) is 1.63. The number of carbonyl (C=O) groups is 1. The second kappa shape index (κ2) is 4.04. The zero-order chi connectivity index (χ0) is 12.6. The Kier molecular flexibility index (Phi) is 2.71. The van der Waals surface area contributed by atoms with Crippen LogP contribution in [0.3, 0.4) is 0 Å². The average molecular weight is 233 g/mol. The number of carbonyl (C=O) groups excluding carboxylic acids is 1. The van der Waals surface area contributed by atoms with Crippen molar-refractivity contribution in [3.8, 4) is 0 Å². The van der Waals surface area contributed by atoms with Crippen molar-refractivity contribution in [1.29, 1.82) is 0 Å². The lowest BCUT2D eigenvalue weighted by Crippen LogP contribution is -2.16. The molecule has 17 heavy (non-hydrogen) atoms. The lowest BCUT2D eigenvalue weighted by molar-refractivity contribution is 0.101. The van der Waals surface area contributed by atoms with Gasteiger partial charge in [0.15, 0.2) is 0 Å². The van der Waals surface area contributed by atoms with Crippen molar-refractivity contribution < 1.29 is 4.79 Å². The summed E-state index contributed by atoms with van der Waals surface area (Å²) >= 11 is 0. The summed E-state index contributed by atoms with van der Waals surface area (Å²) in [5, 5.41) is 11.0. The normalized spacial score (nSPS) is 10.6. The minimum Gasteiger partial charge on any atom is -0.318 e. The zero-order valence-electron chi connectivity index (χ0n) is 10.4. The second-order valence-corrected chi connectivity index (χ2v) is 4.02. The Labute approximate surface area is 99.2 Å².